The van der Waals surface area contributed by atoms with E-state index in [0.717, 1.165) is 15.6 Å². The molecular formula is C40H44AlCl4F6N6O16P3S3. The fourth-order valence-electron chi connectivity index (χ4n) is 6.55. The van der Waals surface area contributed by atoms with Gasteiger partial charge in [0.25, 0.3) is 14.9 Å². The van der Waals surface area contributed by atoms with Gasteiger partial charge in [-0.1, -0.05) is 69.8 Å². The summed E-state index contributed by atoms with van der Waals surface area (Å²) in [6.07, 6.45) is -8.97. The number of likely N-dealkylation sites (tertiary alicyclic amines) is 1. The number of oxime groups is 1. The molecule has 79 heavy (non-hydrogen) atoms. The molecule has 0 spiro atoms. The van der Waals surface area contributed by atoms with E-state index in [4.69, 9.17) is 70.1 Å². The number of carbonyl (C=O) groups excluding carboxylic acids is 3. The number of piperidine rings is 1. The topological polar surface area (TPSA) is 311 Å². The monoisotopic (exact) mass is 1330 g/mol. The molecule has 3 aliphatic rings. The summed E-state index contributed by atoms with van der Waals surface area (Å²) in [5, 5.41) is 9.83. The zero-order valence-corrected chi connectivity index (χ0v) is 50.3. The summed E-state index contributed by atoms with van der Waals surface area (Å²) >= 11 is 24.8. The second kappa shape index (κ2) is 33.2. The molecule has 1 fully saturated rings. The number of fused-ring (bicyclic) bond motifs is 1. The first kappa shape index (κ1) is 72.8. The van der Waals surface area contributed by atoms with Crippen LogP contribution >= 0.6 is 95.5 Å². The van der Waals surface area contributed by atoms with Crippen LogP contribution in [0.5, 0.6) is 5.75 Å². The van der Waals surface area contributed by atoms with Gasteiger partial charge in [0.15, 0.2) is 17.5 Å². The Bertz CT molecular complexity index is 2710. The van der Waals surface area contributed by atoms with Gasteiger partial charge < -0.3 is 56.9 Å². The average molecular weight is 1340 g/mol. The molecule has 3 aliphatic heterocycles. The SMILES string of the molecule is CCOP([O-])O.CCOP([O-])O.CCOP([O-])O.CS(=O)(=O)Oc1cccc(Cl)c1C1CC(c2csc(C3CCN(C(=O)Cn4nc(C(F)(F)F)cc4C(F)(F)F)CC3)n2)=NO1.O=C1c2ccccc2C(=O)N1SC(Cl)(Cl)Cl.[Al+3]. The normalized spacial score (nSPS) is 16.7. The van der Waals surface area contributed by atoms with E-state index < -0.39 is 93.2 Å². The standard InChI is InChI=1S/C25H22ClF6N5O5S2.C9H4Cl3NO2S.3C2H6O3P.Al/c1-44(39,40)42-17-4-2-3-14(26)22(17)18-9-15(35-41-18)16-12-43-23(33-16)13-5-7-36(8-6-13)21(38)11-37-20(25(30,31)32)10-19(34-37)24(27,28)29;10-9(11,12)16-13-7(14)5-3-1-2-4-6(5)8(13)15;3*1-2-5-6(3)4;/h2-4,10,12-13,18H,5-9,11H2,1H3;1-4H;3*3H,2H2,1H3;/q;;3*-1;+3. The summed E-state index contributed by atoms with van der Waals surface area (Å²) in [5.74, 6) is -1.77. The number of benzene rings is 2. The number of nitrogens with zero attached hydrogens (tertiary/aromatic N) is 6. The molecule has 4 aromatic rings. The maximum absolute atomic E-state index is 13.3. The van der Waals surface area contributed by atoms with E-state index in [1.807, 2.05) is 0 Å². The van der Waals surface area contributed by atoms with Crippen molar-refractivity contribution < 1.29 is 101 Å². The summed E-state index contributed by atoms with van der Waals surface area (Å²) in [6.45, 7) is 5.20. The smallest absolute Gasteiger partial charge is 0.786 e. The van der Waals surface area contributed by atoms with Gasteiger partial charge in [-0.05, 0) is 57.9 Å². The number of aromatic nitrogens is 3. The van der Waals surface area contributed by atoms with Crippen molar-refractivity contribution in [2.75, 3.05) is 39.2 Å². The quantitative estimate of drug-likeness (QED) is 0.0212. The Balaban J connectivity index is 0.000000492. The van der Waals surface area contributed by atoms with Crippen LogP contribution in [0.3, 0.4) is 0 Å². The molecule has 2 aromatic carbocycles. The number of hydrogen-bond acceptors (Lipinski definition) is 21. The fraction of sp³-hybridized carbons (Fsp3) is 0.450. The Hall–Kier alpha value is -2.34. The van der Waals surface area contributed by atoms with Gasteiger partial charge >= 0.3 is 39.8 Å². The molecule has 4 atom stereocenters. The number of amides is 3. The number of alkyl halides is 9. The van der Waals surface area contributed by atoms with Crippen LogP contribution in [0.25, 0.3) is 0 Å². The minimum atomic E-state index is -5.12. The average Bonchev–Trinajstić information content (AvgIpc) is 4.15. The molecule has 39 heteroatoms. The third-order valence-corrected chi connectivity index (χ3v) is 14.2. The van der Waals surface area contributed by atoms with Crippen LogP contribution in [-0.4, -0.2) is 130 Å². The first-order valence-corrected chi connectivity index (χ1v) is 30.0. The van der Waals surface area contributed by atoms with Crippen LogP contribution in [-0.2, 0) is 52.2 Å². The van der Waals surface area contributed by atoms with E-state index in [2.05, 4.69) is 28.8 Å². The molecule has 7 rings (SSSR count). The zero-order valence-electron chi connectivity index (χ0n) is 41.0. The van der Waals surface area contributed by atoms with Gasteiger partial charge in [0.2, 0.25) is 5.91 Å². The molecule has 0 bridgehead atoms. The third kappa shape index (κ3) is 24.4. The van der Waals surface area contributed by atoms with E-state index in [0.29, 0.717) is 72.7 Å². The predicted molar refractivity (Wildman–Crippen MR) is 278 cm³/mol. The van der Waals surface area contributed by atoms with Crippen molar-refractivity contribution in [2.24, 2.45) is 5.16 Å². The summed E-state index contributed by atoms with van der Waals surface area (Å²) < 4.78 is 119. The van der Waals surface area contributed by atoms with Crippen molar-refractivity contribution >= 4 is 146 Å². The van der Waals surface area contributed by atoms with Crippen LogP contribution in [0, 0.1) is 0 Å². The maximum atomic E-state index is 13.3. The molecule has 436 valence electrons. The van der Waals surface area contributed by atoms with Crippen molar-refractivity contribution in [3.8, 4) is 5.75 Å². The summed E-state index contributed by atoms with van der Waals surface area (Å²) in [7, 11) is -10.9. The predicted octanol–water partition coefficient (Wildman–Crippen LogP) is 7.33. The van der Waals surface area contributed by atoms with Crippen LogP contribution in [0.15, 0.2) is 59.1 Å². The number of rotatable bonds is 14. The van der Waals surface area contributed by atoms with Crippen molar-refractivity contribution in [2.45, 2.75) is 74.1 Å². The Labute approximate surface area is 490 Å². The van der Waals surface area contributed by atoms with E-state index in [1.165, 1.54) is 28.4 Å². The second-order valence-electron chi connectivity index (χ2n) is 15.0. The molecule has 4 unspecified atom stereocenters. The molecule has 3 amide bonds. The van der Waals surface area contributed by atoms with Gasteiger partial charge in [0, 0.05) is 68.6 Å². The van der Waals surface area contributed by atoms with Gasteiger partial charge in [0.1, 0.15) is 18.0 Å². The van der Waals surface area contributed by atoms with Crippen LogP contribution in [0.4, 0.5) is 26.3 Å². The third-order valence-electron chi connectivity index (χ3n) is 9.58. The van der Waals surface area contributed by atoms with E-state index >= 15 is 0 Å². The molecule has 1 saturated heterocycles. The summed E-state index contributed by atoms with van der Waals surface area (Å²) in [4.78, 5) is 99.9. The first-order chi connectivity index (χ1) is 36.2. The minimum Gasteiger partial charge on any atom is -0.786 e. The summed E-state index contributed by atoms with van der Waals surface area (Å²) in [5.41, 5.74) is -1.38. The molecule has 22 nitrogen and oxygen atoms in total. The van der Waals surface area contributed by atoms with Crippen molar-refractivity contribution in [3.63, 3.8) is 0 Å². The van der Waals surface area contributed by atoms with Gasteiger partial charge in [-0.15, -0.1) is 11.3 Å². The van der Waals surface area contributed by atoms with E-state index in [-0.39, 0.29) is 64.3 Å². The second-order valence-corrected chi connectivity index (χ2v) is 24.2. The Kier molecular flexibility index (Phi) is 30.6. The van der Waals surface area contributed by atoms with Gasteiger partial charge in [-0.25, -0.2) is 9.29 Å². The number of imide groups is 1. The van der Waals surface area contributed by atoms with Crippen LogP contribution in [0.1, 0.15) is 100 Å². The number of hydrogen-bond donors (Lipinski definition) is 3. The number of carbonyl (C=O) groups is 3. The molecule has 3 N–H and O–H groups in total. The minimum absolute atomic E-state index is 0. The Morgan fingerprint density at radius 1 is 0.873 bits per heavy atom. The van der Waals surface area contributed by atoms with Crippen molar-refractivity contribution in [1.82, 2.24) is 24.0 Å². The molecule has 0 saturated carbocycles. The number of halogens is 10. The van der Waals surface area contributed by atoms with Gasteiger partial charge in [-0.3, -0.25) is 19.1 Å². The fourth-order valence-corrected chi connectivity index (χ4v) is 10.2. The van der Waals surface area contributed by atoms with E-state index in [9.17, 15) is 63.8 Å². The largest absolute Gasteiger partial charge is 3.00 e. The van der Waals surface area contributed by atoms with E-state index in [1.54, 1.807) is 56.5 Å². The molecule has 0 radical (unpaired) electrons. The Morgan fingerprint density at radius 2 is 1.39 bits per heavy atom. The maximum Gasteiger partial charge on any atom is 3.00 e. The van der Waals surface area contributed by atoms with Gasteiger partial charge in [-0.2, -0.15) is 39.9 Å². The number of thiazole rings is 1. The van der Waals surface area contributed by atoms with Crippen molar-refractivity contribution in [3.05, 3.63) is 97.7 Å². The van der Waals surface area contributed by atoms with Crippen LogP contribution in [0.2, 0.25) is 5.02 Å². The molecule has 2 aromatic heterocycles. The first-order valence-electron chi connectivity index (χ1n) is 21.7. The molecule has 5 heterocycles. The zero-order chi connectivity index (χ0) is 58.9. The van der Waals surface area contributed by atoms with Crippen LogP contribution < -0.4 is 18.9 Å². The molecular weight excluding hydrogens is 1290 g/mol. The molecule has 0 aliphatic carbocycles. The summed E-state index contributed by atoms with van der Waals surface area (Å²) in [6, 6.07) is 10.9. The Morgan fingerprint density at radius 3 is 1.82 bits per heavy atom. The van der Waals surface area contributed by atoms with Gasteiger partial charge in [0.05, 0.1) is 64.5 Å². The van der Waals surface area contributed by atoms with Crippen molar-refractivity contribution in [1.29, 1.82) is 0 Å².